The maximum absolute atomic E-state index is 11.9. The highest BCUT2D eigenvalue weighted by Crippen LogP contribution is 2.24. The highest BCUT2D eigenvalue weighted by atomic mass is 35.5. The standard InChI is InChI=1S/C17H15Cl2NO3/c1-11(14-4-2-3-5-15(14)19)23-16(21)10-20-17(22)12-6-8-13(18)9-7-12/h2-9,11H,10H2,1H3,(H,20,22)/t11-/m1/s1. The number of amides is 1. The summed E-state index contributed by atoms with van der Waals surface area (Å²) in [7, 11) is 0. The number of benzene rings is 2. The highest BCUT2D eigenvalue weighted by Gasteiger charge is 2.15. The molecule has 1 N–H and O–H groups in total. The van der Waals surface area contributed by atoms with Gasteiger partial charge in [0.2, 0.25) is 0 Å². The molecule has 0 heterocycles. The van der Waals surface area contributed by atoms with Crippen LogP contribution in [0.4, 0.5) is 0 Å². The number of carbonyl (C=O) groups is 2. The van der Waals surface area contributed by atoms with Crippen LogP contribution in [0.5, 0.6) is 0 Å². The molecule has 0 aliphatic carbocycles. The van der Waals surface area contributed by atoms with Crippen LogP contribution in [0, 0.1) is 0 Å². The summed E-state index contributed by atoms with van der Waals surface area (Å²) < 4.78 is 5.26. The molecule has 2 aromatic carbocycles. The number of ether oxygens (including phenoxy) is 1. The lowest BCUT2D eigenvalue weighted by molar-refractivity contribution is -0.147. The van der Waals surface area contributed by atoms with Crippen molar-refractivity contribution in [3.63, 3.8) is 0 Å². The van der Waals surface area contributed by atoms with Gasteiger partial charge in [-0.15, -0.1) is 0 Å². The quantitative estimate of drug-likeness (QED) is 0.827. The largest absolute Gasteiger partial charge is 0.456 e. The third-order valence-corrected chi connectivity index (χ3v) is 3.75. The predicted molar refractivity (Wildman–Crippen MR) is 89.7 cm³/mol. The molecule has 0 aromatic heterocycles. The van der Waals surface area contributed by atoms with Gasteiger partial charge in [0.25, 0.3) is 5.91 Å². The SMILES string of the molecule is C[C@@H](OC(=O)CNC(=O)c1ccc(Cl)cc1)c1ccccc1Cl. The number of carbonyl (C=O) groups excluding carboxylic acids is 2. The van der Waals surface area contributed by atoms with Crippen LogP contribution in [0.25, 0.3) is 0 Å². The van der Waals surface area contributed by atoms with Gasteiger partial charge in [-0.25, -0.2) is 0 Å². The first-order chi connectivity index (χ1) is 11.0. The zero-order chi connectivity index (χ0) is 16.8. The Kier molecular flexibility index (Phi) is 6.02. The van der Waals surface area contributed by atoms with E-state index >= 15 is 0 Å². The maximum atomic E-state index is 11.9. The van der Waals surface area contributed by atoms with E-state index in [1.54, 1.807) is 49.4 Å². The molecule has 0 unspecified atom stereocenters. The third-order valence-electron chi connectivity index (χ3n) is 3.15. The Morgan fingerprint density at radius 1 is 1.09 bits per heavy atom. The second-order valence-electron chi connectivity index (χ2n) is 4.84. The lowest BCUT2D eigenvalue weighted by atomic mass is 10.1. The number of rotatable bonds is 5. The van der Waals surface area contributed by atoms with E-state index in [1.165, 1.54) is 0 Å². The van der Waals surface area contributed by atoms with Crippen LogP contribution in [-0.2, 0) is 9.53 Å². The van der Waals surface area contributed by atoms with Gasteiger partial charge in [-0.3, -0.25) is 9.59 Å². The Balaban J connectivity index is 1.86. The molecule has 0 saturated heterocycles. The maximum Gasteiger partial charge on any atom is 0.326 e. The van der Waals surface area contributed by atoms with E-state index in [4.69, 9.17) is 27.9 Å². The normalized spacial score (nSPS) is 11.6. The average molecular weight is 352 g/mol. The van der Waals surface area contributed by atoms with Crippen molar-refractivity contribution in [1.82, 2.24) is 5.32 Å². The molecule has 2 aromatic rings. The molecule has 1 amide bonds. The molecule has 0 aliphatic heterocycles. The topological polar surface area (TPSA) is 55.4 Å². The van der Waals surface area contributed by atoms with Gasteiger partial charge in [0, 0.05) is 21.2 Å². The molecule has 23 heavy (non-hydrogen) atoms. The highest BCUT2D eigenvalue weighted by molar-refractivity contribution is 6.31. The summed E-state index contributed by atoms with van der Waals surface area (Å²) in [5, 5.41) is 3.56. The van der Waals surface area contributed by atoms with Crippen molar-refractivity contribution in [2.75, 3.05) is 6.54 Å². The molecular formula is C17H15Cl2NO3. The first-order valence-corrected chi connectivity index (χ1v) is 7.70. The van der Waals surface area contributed by atoms with Crippen molar-refractivity contribution in [2.24, 2.45) is 0 Å². The van der Waals surface area contributed by atoms with E-state index in [0.717, 1.165) is 0 Å². The van der Waals surface area contributed by atoms with E-state index in [2.05, 4.69) is 5.32 Å². The molecule has 0 saturated carbocycles. The fourth-order valence-electron chi connectivity index (χ4n) is 1.96. The number of esters is 1. The van der Waals surface area contributed by atoms with Crippen LogP contribution >= 0.6 is 23.2 Å². The molecule has 0 spiro atoms. The molecule has 1 atom stereocenters. The van der Waals surface area contributed by atoms with Crippen molar-refractivity contribution < 1.29 is 14.3 Å². The Morgan fingerprint density at radius 3 is 2.39 bits per heavy atom. The van der Waals surface area contributed by atoms with Gasteiger partial charge in [-0.2, -0.15) is 0 Å². The summed E-state index contributed by atoms with van der Waals surface area (Å²) >= 11 is 11.8. The monoisotopic (exact) mass is 351 g/mol. The molecule has 4 nitrogen and oxygen atoms in total. The predicted octanol–water partition coefficient (Wildman–Crippen LogP) is 4.03. The Morgan fingerprint density at radius 2 is 1.74 bits per heavy atom. The minimum Gasteiger partial charge on any atom is -0.456 e. The van der Waals surface area contributed by atoms with Crippen molar-refractivity contribution in [1.29, 1.82) is 0 Å². The van der Waals surface area contributed by atoms with E-state index in [-0.39, 0.29) is 12.5 Å². The van der Waals surface area contributed by atoms with Gasteiger partial charge in [-0.05, 0) is 37.3 Å². The van der Waals surface area contributed by atoms with Gasteiger partial charge in [0.1, 0.15) is 12.6 Å². The van der Waals surface area contributed by atoms with E-state index in [0.29, 0.717) is 21.2 Å². The average Bonchev–Trinajstić information content (AvgIpc) is 2.53. The minimum atomic E-state index is -0.542. The molecule has 2 rings (SSSR count). The summed E-state index contributed by atoms with van der Waals surface area (Å²) in [5.41, 5.74) is 1.13. The fraction of sp³-hybridized carbons (Fsp3) is 0.176. The molecule has 0 radical (unpaired) electrons. The molecule has 120 valence electrons. The van der Waals surface area contributed by atoms with Gasteiger partial charge in [-0.1, -0.05) is 41.4 Å². The lowest BCUT2D eigenvalue weighted by Gasteiger charge is -2.15. The van der Waals surface area contributed by atoms with Crippen LogP contribution in [-0.4, -0.2) is 18.4 Å². The van der Waals surface area contributed by atoms with Gasteiger partial charge in [0.15, 0.2) is 0 Å². The van der Waals surface area contributed by atoms with Crippen molar-refractivity contribution >= 4 is 35.1 Å². The van der Waals surface area contributed by atoms with Crippen LogP contribution in [0.15, 0.2) is 48.5 Å². The zero-order valence-corrected chi connectivity index (χ0v) is 13.9. The van der Waals surface area contributed by atoms with E-state index < -0.39 is 12.1 Å². The number of hydrogen-bond donors (Lipinski definition) is 1. The van der Waals surface area contributed by atoms with Gasteiger partial charge < -0.3 is 10.1 Å². The zero-order valence-electron chi connectivity index (χ0n) is 12.4. The van der Waals surface area contributed by atoms with Gasteiger partial charge >= 0.3 is 5.97 Å². The molecule has 0 fully saturated rings. The Bertz CT molecular complexity index is 701. The third kappa shape index (κ3) is 4.98. The van der Waals surface area contributed by atoms with Crippen LogP contribution in [0.3, 0.4) is 0 Å². The number of hydrogen-bond acceptors (Lipinski definition) is 3. The summed E-state index contributed by atoms with van der Waals surface area (Å²) in [4.78, 5) is 23.7. The van der Waals surface area contributed by atoms with Crippen molar-refractivity contribution in [3.05, 3.63) is 69.7 Å². The second kappa shape index (κ2) is 7.99. The first kappa shape index (κ1) is 17.3. The first-order valence-electron chi connectivity index (χ1n) is 6.95. The second-order valence-corrected chi connectivity index (χ2v) is 5.69. The van der Waals surface area contributed by atoms with Crippen molar-refractivity contribution in [3.8, 4) is 0 Å². The lowest BCUT2D eigenvalue weighted by Crippen LogP contribution is -2.31. The van der Waals surface area contributed by atoms with Crippen molar-refractivity contribution in [2.45, 2.75) is 13.0 Å². The summed E-state index contributed by atoms with van der Waals surface area (Å²) in [6.45, 7) is 1.50. The summed E-state index contributed by atoms with van der Waals surface area (Å²) in [6.07, 6.45) is -0.497. The molecular weight excluding hydrogens is 337 g/mol. The van der Waals surface area contributed by atoms with Gasteiger partial charge in [0.05, 0.1) is 0 Å². The van der Waals surface area contributed by atoms with Crippen LogP contribution < -0.4 is 5.32 Å². The van der Waals surface area contributed by atoms with Crippen LogP contribution in [0.1, 0.15) is 28.9 Å². The molecule has 6 heteroatoms. The Hall–Kier alpha value is -2.04. The number of halogens is 2. The van der Waals surface area contributed by atoms with E-state index in [1.807, 2.05) is 6.07 Å². The summed E-state index contributed by atoms with van der Waals surface area (Å²) in [6, 6.07) is 13.5. The Labute approximate surface area is 144 Å². The van der Waals surface area contributed by atoms with E-state index in [9.17, 15) is 9.59 Å². The van der Waals surface area contributed by atoms with Crippen LogP contribution in [0.2, 0.25) is 10.0 Å². The number of nitrogens with one attached hydrogen (secondary N) is 1. The smallest absolute Gasteiger partial charge is 0.326 e. The fourth-order valence-corrected chi connectivity index (χ4v) is 2.38. The minimum absolute atomic E-state index is 0.226. The molecule has 0 bridgehead atoms. The summed E-state index contributed by atoms with van der Waals surface area (Å²) in [5.74, 6) is -0.913. The molecule has 0 aliphatic rings.